The van der Waals surface area contributed by atoms with Crippen LogP contribution < -0.4 is 10.9 Å². The fourth-order valence-electron chi connectivity index (χ4n) is 2.23. The number of fused-ring (bicyclic) bond motifs is 1. The van der Waals surface area contributed by atoms with Crippen LogP contribution in [0.5, 0.6) is 0 Å². The molecule has 4 aromatic rings. The molecule has 124 valence electrons. The molecule has 0 saturated heterocycles. The van der Waals surface area contributed by atoms with Crippen LogP contribution in [0.4, 0.5) is 0 Å². The van der Waals surface area contributed by atoms with E-state index in [9.17, 15) is 9.59 Å². The summed E-state index contributed by atoms with van der Waals surface area (Å²) in [4.78, 5) is 34.5. The largest absolute Gasteiger partial charge is 0.341 e. The smallest absolute Gasteiger partial charge is 0.280 e. The minimum Gasteiger partial charge on any atom is -0.341 e. The number of nitrogens with zero attached hydrogens (tertiary/aromatic N) is 3. The Balaban J connectivity index is 1.46. The van der Waals surface area contributed by atoms with E-state index < -0.39 is 0 Å². The third-order valence-corrected chi connectivity index (χ3v) is 4.42. The lowest BCUT2D eigenvalue weighted by Crippen LogP contribution is -2.22. The number of para-hydroxylation sites is 1. The Morgan fingerprint density at radius 1 is 1.24 bits per heavy atom. The molecule has 9 heteroatoms. The number of aromatic amines is 1. The van der Waals surface area contributed by atoms with Crippen LogP contribution in [-0.2, 0) is 6.54 Å². The normalized spacial score (nSPS) is 10.9. The number of pyridine rings is 1. The van der Waals surface area contributed by atoms with Gasteiger partial charge in [0, 0.05) is 17.8 Å². The van der Waals surface area contributed by atoms with Crippen molar-refractivity contribution < 1.29 is 9.32 Å². The number of nitrogens with one attached hydrogen (secondary N) is 2. The van der Waals surface area contributed by atoms with E-state index in [1.165, 1.54) is 23.6 Å². The van der Waals surface area contributed by atoms with Crippen molar-refractivity contribution in [1.82, 2.24) is 25.4 Å². The Morgan fingerprint density at radius 3 is 2.96 bits per heavy atom. The van der Waals surface area contributed by atoms with Gasteiger partial charge in [0.25, 0.3) is 5.91 Å². The minimum absolute atomic E-state index is 0.0744. The van der Waals surface area contributed by atoms with Crippen LogP contribution in [0, 0.1) is 0 Å². The Bertz CT molecular complexity index is 1080. The molecule has 0 aliphatic carbocycles. The van der Waals surface area contributed by atoms with Crippen molar-refractivity contribution in [2.45, 2.75) is 6.54 Å². The SMILES string of the molecule is O=C(NCc1nc(-c2cc[nH]c(=O)c2)no1)c1nc2ccccc2s1. The maximum absolute atomic E-state index is 12.2. The van der Waals surface area contributed by atoms with Crippen molar-refractivity contribution >= 4 is 27.5 Å². The van der Waals surface area contributed by atoms with Crippen LogP contribution in [0.2, 0.25) is 0 Å². The molecule has 2 N–H and O–H groups in total. The summed E-state index contributed by atoms with van der Waals surface area (Å²) in [7, 11) is 0. The van der Waals surface area contributed by atoms with Gasteiger partial charge >= 0.3 is 0 Å². The van der Waals surface area contributed by atoms with Gasteiger partial charge in [-0.25, -0.2) is 4.98 Å². The molecule has 8 nitrogen and oxygen atoms in total. The van der Waals surface area contributed by atoms with Crippen molar-refractivity contribution in [2.75, 3.05) is 0 Å². The molecule has 1 aromatic carbocycles. The third-order valence-electron chi connectivity index (χ3n) is 3.39. The third kappa shape index (κ3) is 3.17. The average Bonchev–Trinajstić information content (AvgIpc) is 3.26. The highest BCUT2D eigenvalue weighted by atomic mass is 32.1. The maximum atomic E-state index is 12.2. The van der Waals surface area contributed by atoms with Crippen LogP contribution >= 0.6 is 11.3 Å². The number of hydrogen-bond acceptors (Lipinski definition) is 7. The van der Waals surface area contributed by atoms with E-state index in [0.29, 0.717) is 10.6 Å². The number of amides is 1. The topological polar surface area (TPSA) is 114 Å². The number of benzene rings is 1. The van der Waals surface area contributed by atoms with Crippen molar-refractivity contribution in [3.05, 3.63) is 63.8 Å². The van der Waals surface area contributed by atoms with Gasteiger partial charge in [0.2, 0.25) is 17.3 Å². The minimum atomic E-state index is -0.308. The summed E-state index contributed by atoms with van der Waals surface area (Å²) in [6, 6.07) is 10.6. The zero-order chi connectivity index (χ0) is 17.2. The molecule has 0 aliphatic heterocycles. The number of hydrogen-bond donors (Lipinski definition) is 2. The number of carbonyl (C=O) groups excluding carboxylic acids is 1. The Kier molecular flexibility index (Phi) is 3.82. The molecular weight excluding hydrogens is 342 g/mol. The van der Waals surface area contributed by atoms with Crippen molar-refractivity contribution in [3.63, 3.8) is 0 Å². The van der Waals surface area contributed by atoms with Gasteiger partial charge in [-0.15, -0.1) is 11.3 Å². The molecule has 0 spiro atoms. The molecule has 3 aromatic heterocycles. The molecule has 3 heterocycles. The van der Waals surface area contributed by atoms with Crippen molar-refractivity contribution in [3.8, 4) is 11.4 Å². The lowest BCUT2D eigenvalue weighted by molar-refractivity contribution is 0.0946. The molecular formula is C16H11N5O3S. The van der Waals surface area contributed by atoms with Gasteiger partial charge in [0.1, 0.15) is 0 Å². The first-order chi connectivity index (χ1) is 12.2. The monoisotopic (exact) mass is 353 g/mol. The highest BCUT2D eigenvalue weighted by Crippen LogP contribution is 2.21. The molecule has 25 heavy (non-hydrogen) atoms. The second-order valence-corrected chi connectivity index (χ2v) is 6.15. The summed E-state index contributed by atoms with van der Waals surface area (Å²) in [6.07, 6.45) is 1.50. The van der Waals surface area contributed by atoms with Gasteiger partial charge < -0.3 is 14.8 Å². The second-order valence-electron chi connectivity index (χ2n) is 5.12. The summed E-state index contributed by atoms with van der Waals surface area (Å²) in [5.41, 5.74) is 1.07. The highest BCUT2D eigenvalue weighted by Gasteiger charge is 2.14. The van der Waals surface area contributed by atoms with Gasteiger partial charge in [-0.3, -0.25) is 9.59 Å². The number of rotatable bonds is 4. The van der Waals surface area contributed by atoms with Crippen LogP contribution in [0.25, 0.3) is 21.6 Å². The van der Waals surface area contributed by atoms with Crippen molar-refractivity contribution in [2.24, 2.45) is 0 Å². The Labute approximate surface area is 144 Å². The van der Waals surface area contributed by atoms with E-state index >= 15 is 0 Å². The summed E-state index contributed by atoms with van der Waals surface area (Å²) < 4.78 is 6.05. The number of aromatic nitrogens is 4. The number of carbonyl (C=O) groups is 1. The fourth-order valence-corrected chi connectivity index (χ4v) is 3.11. The lowest BCUT2D eigenvalue weighted by atomic mass is 10.2. The molecule has 4 rings (SSSR count). The first-order valence-corrected chi connectivity index (χ1v) is 8.16. The first-order valence-electron chi connectivity index (χ1n) is 7.34. The summed E-state index contributed by atoms with van der Waals surface area (Å²) in [5.74, 6) is 0.220. The van der Waals surface area contributed by atoms with E-state index in [-0.39, 0.29) is 29.7 Å². The lowest BCUT2D eigenvalue weighted by Gasteiger charge is -1.97. The molecule has 0 fully saturated rings. The van der Waals surface area contributed by atoms with Gasteiger partial charge in [-0.1, -0.05) is 17.3 Å². The summed E-state index contributed by atoms with van der Waals surface area (Å²) >= 11 is 1.32. The Hall–Kier alpha value is -3.33. The highest BCUT2D eigenvalue weighted by molar-refractivity contribution is 7.20. The fraction of sp³-hybridized carbons (Fsp3) is 0.0625. The maximum Gasteiger partial charge on any atom is 0.280 e. The standard InChI is InChI=1S/C16H11N5O3S/c22-12-7-9(5-6-17-12)14-20-13(24-21-14)8-18-15(23)16-19-10-3-1-2-4-11(10)25-16/h1-7H,8H2,(H,17,22)(H,18,23). The second kappa shape index (κ2) is 6.29. The van der Waals surface area contributed by atoms with Crippen LogP contribution in [-0.4, -0.2) is 26.0 Å². The molecule has 0 aliphatic rings. The van der Waals surface area contributed by atoms with Crippen LogP contribution in [0.15, 0.2) is 51.9 Å². The first kappa shape index (κ1) is 15.2. The number of H-pyrrole nitrogens is 1. The van der Waals surface area contributed by atoms with Gasteiger partial charge in [-0.05, 0) is 18.2 Å². The molecule has 0 bridgehead atoms. The van der Waals surface area contributed by atoms with Gasteiger partial charge in [0.05, 0.1) is 16.8 Å². The van der Waals surface area contributed by atoms with Crippen LogP contribution in [0.3, 0.4) is 0 Å². The predicted molar refractivity (Wildman–Crippen MR) is 91.1 cm³/mol. The molecule has 0 saturated carbocycles. The molecule has 0 atom stereocenters. The summed E-state index contributed by atoms with van der Waals surface area (Å²) in [6.45, 7) is 0.0744. The zero-order valence-electron chi connectivity index (χ0n) is 12.7. The van der Waals surface area contributed by atoms with E-state index in [0.717, 1.165) is 10.2 Å². The summed E-state index contributed by atoms with van der Waals surface area (Å²) in [5, 5.41) is 6.88. The zero-order valence-corrected chi connectivity index (χ0v) is 13.5. The van der Waals surface area contributed by atoms with Gasteiger partial charge in [0.15, 0.2) is 5.01 Å². The van der Waals surface area contributed by atoms with E-state index in [2.05, 4.69) is 25.4 Å². The predicted octanol–water partition coefficient (Wildman–Crippen LogP) is 1.96. The molecule has 0 radical (unpaired) electrons. The van der Waals surface area contributed by atoms with E-state index in [1.54, 1.807) is 6.07 Å². The van der Waals surface area contributed by atoms with E-state index in [1.807, 2.05) is 24.3 Å². The average molecular weight is 353 g/mol. The quantitative estimate of drug-likeness (QED) is 0.580. The Morgan fingerprint density at radius 2 is 2.12 bits per heavy atom. The molecule has 1 amide bonds. The van der Waals surface area contributed by atoms with E-state index in [4.69, 9.17) is 4.52 Å². The van der Waals surface area contributed by atoms with Crippen LogP contribution in [0.1, 0.15) is 15.7 Å². The van der Waals surface area contributed by atoms with Gasteiger partial charge in [-0.2, -0.15) is 4.98 Å². The molecule has 0 unspecified atom stereocenters. The van der Waals surface area contributed by atoms with Crippen molar-refractivity contribution in [1.29, 1.82) is 0 Å². The number of thiazole rings is 1.